The number of rotatable bonds is 4. The van der Waals surface area contributed by atoms with Crippen molar-refractivity contribution in [2.75, 3.05) is 6.61 Å². The van der Waals surface area contributed by atoms with Gasteiger partial charge in [0.25, 0.3) is 5.56 Å². The first-order valence-electron chi connectivity index (χ1n) is 6.84. The van der Waals surface area contributed by atoms with Gasteiger partial charge in [-0.05, 0) is 19.1 Å². The highest BCUT2D eigenvalue weighted by molar-refractivity contribution is 7.80. The average Bonchev–Trinajstić information content (AvgIpc) is 2.80. The predicted octanol–water partition coefficient (Wildman–Crippen LogP) is -3.29. The van der Waals surface area contributed by atoms with Gasteiger partial charge in [-0.25, -0.2) is 4.79 Å². The Labute approximate surface area is 140 Å². The summed E-state index contributed by atoms with van der Waals surface area (Å²) in [7, 11) is 0. The van der Waals surface area contributed by atoms with Crippen LogP contribution in [-0.4, -0.2) is 60.6 Å². The average molecular weight is 359 g/mol. The SMILES string of the molecule is C/C(=N\NC(N)=S)c1cn(C2OC(CO)C(O)C2O)c(=O)[nH]c1=O. The summed E-state index contributed by atoms with van der Waals surface area (Å²) in [5, 5.41) is 32.6. The summed E-state index contributed by atoms with van der Waals surface area (Å²) in [5.74, 6) is 0. The second kappa shape index (κ2) is 7.19. The third-order valence-corrected chi connectivity index (χ3v) is 3.57. The monoisotopic (exact) mass is 359 g/mol. The smallest absolute Gasteiger partial charge is 0.330 e. The molecule has 1 aromatic rings. The first-order valence-corrected chi connectivity index (χ1v) is 7.25. The van der Waals surface area contributed by atoms with Crippen LogP contribution in [0.3, 0.4) is 0 Å². The normalized spacial score (nSPS) is 27.2. The number of hydrazone groups is 1. The van der Waals surface area contributed by atoms with Gasteiger partial charge in [-0.3, -0.25) is 19.8 Å². The van der Waals surface area contributed by atoms with Crippen LogP contribution in [-0.2, 0) is 4.74 Å². The largest absolute Gasteiger partial charge is 0.394 e. The Kier molecular flexibility index (Phi) is 5.46. The third kappa shape index (κ3) is 3.52. The molecule has 11 nitrogen and oxygen atoms in total. The Balaban J connectivity index is 2.44. The number of ether oxygens (including phenoxy) is 1. The van der Waals surface area contributed by atoms with E-state index >= 15 is 0 Å². The number of aromatic amines is 1. The van der Waals surface area contributed by atoms with Crippen molar-refractivity contribution in [2.45, 2.75) is 31.5 Å². The molecule has 1 aliphatic heterocycles. The Hall–Kier alpha value is -2.12. The fourth-order valence-electron chi connectivity index (χ4n) is 2.24. The molecule has 132 valence electrons. The standard InChI is InChI=1S/C12H17N5O6S/c1-4(15-16-11(13)24)5-2-17(12(22)14-9(5)21)10-8(20)7(19)6(3-18)23-10/h2,6-8,10,18-20H,3H2,1H3,(H3,13,16,24)(H,14,21,22)/b15-4+. The fraction of sp³-hybridized carbons (Fsp3) is 0.500. The van der Waals surface area contributed by atoms with Gasteiger partial charge in [0.15, 0.2) is 11.3 Å². The van der Waals surface area contributed by atoms with E-state index in [1.54, 1.807) is 0 Å². The highest BCUT2D eigenvalue weighted by Gasteiger charge is 2.43. The summed E-state index contributed by atoms with van der Waals surface area (Å²) in [5.41, 5.74) is 6.15. The molecular formula is C12H17N5O6S. The summed E-state index contributed by atoms with van der Waals surface area (Å²) in [6.45, 7) is 0.931. The second-order valence-electron chi connectivity index (χ2n) is 5.11. The van der Waals surface area contributed by atoms with Crippen molar-refractivity contribution in [1.29, 1.82) is 0 Å². The summed E-state index contributed by atoms with van der Waals surface area (Å²) in [6, 6.07) is 0. The maximum absolute atomic E-state index is 12.0. The zero-order chi connectivity index (χ0) is 18.0. The molecule has 12 heteroatoms. The molecule has 0 aliphatic carbocycles. The van der Waals surface area contributed by atoms with Crippen molar-refractivity contribution < 1.29 is 20.1 Å². The van der Waals surface area contributed by atoms with Gasteiger partial charge < -0.3 is 25.8 Å². The van der Waals surface area contributed by atoms with Crippen molar-refractivity contribution in [2.24, 2.45) is 10.8 Å². The lowest BCUT2D eigenvalue weighted by molar-refractivity contribution is -0.0550. The lowest BCUT2D eigenvalue weighted by atomic mass is 10.1. The maximum atomic E-state index is 12.0. The number of nitrogens with zero attached hydrogens (tertiary/aromatic N) is 2. The van der Waals surface area contributed by atoms with Crippen LogP contribution in [0.4, 0.5) is 0 Å². The van der Waals surface area contributed by atoms with Crippen molar-refractivity contribution in [1.82, 2.24) is 15.0 Å². The van der Waals surface area contributed by atoms with E-state index in [1.165, 1.54) is 6.92 Å². The molecule has 0 spiro atoms. The van der Waals surface area contributed by atoms with E-state index in [4.69, 9.17) is 15.6 Å². The van der Waals surface area contributed by atoms with Crippen LogP contribution in [0.5, 0.6) is 0 Å². The van der Waals surface area contributed by atoms with Crippen LogP contribution in [0.25, 0.3) is 0 Å². The molecule has 7 N–H and O–H groups in total. The zero-order valence-electron chi connectivity index (χ0n) is 12.5. The molecule has 0 aromatic carbocycles. The Morgan fingerprint density at radius 1 is 1.50 bits per heavy atom. The summed E-state index contributed by atoms with van der Waals surface area (Å²) in [6.07, 6.45) is -4.06. The molecular weight excluding hydrogens is 342 g/mol. The number of nitrogens with two attached hydrogens (primary N) is 1. The number of nitrogens with one attached hydrogen (secondary N) is 2. The molecule has 2 rings (SSSR count). The first kappa shape index (κ1) is 18.2. The molecule has 0 amide bonds. The quantitative estimate of drug-likeness (QED) is 0.183. The van der Waals surface area contributed by atoms with Crippen LogP contribution in [0.2, 0.25) is 0 Å². The number of aliphatic hydroxyl groups is 3. The van der Waals surface area contributed by atoms with Gasteiger partial charge in [0.05, 0.1) is 17.9 Å². The van der Waals surface area contributed by atoms with E-state index in [0.717, 1.165) is 10.8 Å². The number of aromatic nitrogens is 2. The minimum Gasteiger partial charge on any atom is -0.394 e. The van der Waals surface area contributed by atoms with Gasteiger partial charge in [-0.2, -0.15) is 5.10 Å². The molecule has 2 heterocycles. The molecule has 0 radical (unpaired) electrons. The van der Waals surface area contributed by atoms with Crippen LogP contribution in [0.15, 0.2) is 20.9 Å². The van der Waals surface area contributed by atoms with Crippen molar-refractivity contribution in [3.8, 4) is 0 Å². The molecule has 1 aromatic heterocycles. The fourth-order valence-corrected chi connectivity index (χ4v) is 2.29. The van der Waals surface area contributed by atoms with Crippen LogP contribution in [0, 0.1) is 0 Å². The highest BCUT2D eigenvalue weighted by Crippen LogP contribution is 2.27. The van der Waals surface area contributed by atoms with Gasteiger partial charge in [-0.1, -0.05) is 0 Å². The van der Waals surface area contributed by atoms with E-state index in [0.29, 0.717) is 0 Å². The Morgan fingerprint density at radius 3 is 2.71 bits per heavy atom. The molecule has 0 bridgehead atoms. The topological polar surface area (TPSA) is 175 Å². The van der Waals surface area contributed by atoms with Crippen molar-refractivity contribution in [3.05, 3.63) is 32.6 Å². The highest BCUT2D eigenvalue weighted by atomic mass is 32.1. The van der Waals surface area contributed by atoms with Gasteiger partial charge in [0, 0.05) is 6.20 Å². The number of thiocarbonyl (C=S) groups is 1. The van der Waals surface area contributed by atoms with Crippen LogP contribution >= 0.6 is 12.2 Å². The number of H-pyrrole nitrogens is 1. The Bertz CT molecular complexity index is 774. The molecule has 0 saturated carbocycles. The lowest BCUT2D eigenvalue weighted by Gasteiger charge is -2.17. The van der Waals surface area contributed by atoms with Crippen LogP contribution < -0.4 is 22.4 Å². The third-order valence-electron chi connectivity index (χ3n) is 3.48. The van der Waals surface area contributed by atoms with Gasteiger partial charge in [-0.15, -0.1) is 0 Å². The molecule has 4 atom stereocenters. The predicted molar refractivity (Wildman–Crippen MR) is 86.5 cm³/mol. The molecule has 1 saturated heterocycles. The van der Waals surface area contributed by atoms with Gasteiger partial charge in [0.1, 0.15) is 18.3 Å². The summed E-state index contributed by atoms with van der Waals surface area (Å²) >= 11 is 4.60. The number of hydrogen-bond donors (Lipinski definition) is 6. The van der Waals surface area contributed by atoms with Gasteiger partial charge >= 0.3 is 5.69 Å². The molecule has 4 unspecified atom stereocenters. The summed E-state index contributed by atoms with van der Waals surface area (Å²) in [4.78, 5) is 26.0. The maximum Gasteiger partial charge on any atom is 0.330 e. The minimum atomic E-state index is -1.47. The molecule has 24 heavy (non-hydrogen) atoms. The van der Waals surface area contributed by atoms with Crippen LogP contribution in [0.1, 0.15) is 18.7 Å². The van der Waals surface area contributed by atoms with Crippen molar-refractivity contribution in [3.63, 3.8) is 0 Å². The van der Waals surface area contributed by atoms with E-state index < -0.39 is 42.4 Å². The second-order valence-corrected chi connectivity index (χ2v) is 5.55. The van der Waals surface area contributed by atoms with Crippen molar-refractivity contribution >= 4 is 23.0 Å². The summed E-state index contributed by atoms with van der Waals surface area (Å²) < 4.78 is 6.17. The Morgan fingerprint density at radius 2 is 2.17 bits per heavy atom. The first-order chi connectivity index (χ1) is 11.3. The lowest BCUT2D eigenvalue weighted by Crippen LogP contribution is -2.39. The van der Waals surface area contributed by atoms with Gasteiger partial charge in [0.2, 0.25) is 0 Å². The number of aliphatic hydroxyl groups excluding tert-OH is 3. The van der Waals surface area contributed by atoms with E-state index in [9.17, 15) is 19.8 Å². The zero-order valence-corrected chi connectivity index (χ0v) is 13.4. The van der Waals surface area contributed by atoms with E-state index in [1.807, 2.05) is 0 Å². The van der Waals surface area contributed by atoms with E-state index in [-0.39, 0.29) is 16.4 Å². The number of hydrogen-bond acceptors (Lipinski definition) is 8. The molecule has 1 fully saturated rings. The minimum absolute atomic E-state index is 0.00362. The molecule has 1 aliphatic rings. The van der Waals surface area contributed by atoms with E-state index in [2.05, 4.69) is 27.7 Å².